The minimum absolute atomic E-state index is 0.000142. The van der Waals surface area contributed by atoms with Gasteiger partial charge in [-0.15, -0.1) is 15.0 Å². The van der Waals surface area contributed by atoms with Crippen LogP contribution in [-0.2, 0) is 0 Å². The number of tetrazole rings is 1. The van der Waals surface area contributed by atoms with E-state index < -0.39 is 22.3 Å². The zero-order valence-electron chi connectivity index (χ0n) is 12.0. The molecule has 2 aromatic carbocycles. The Kier molecular flexibility index (Phi) is 3.70. The number of carbonyl (C=O) groups excluding carboxylic acids is 1. The van der Waals surface area contributed by atoms with Crippen molar-refractivity contribution in [2.45, 2.75) is 0 Å². The summed E-state index contributed by atoms with van der Waals surface area (Å²) in [5.74, 6) is -1.17. The molecule has 0 fully saturated rings. The van der Waals surface area contributed by atoms with Gasteiger partial charge in [0.05, 0.1) is 4.92 Å². The van der Waals surface area contributed by atoms with Gasteiger partial charge in [0, 0.05) is 17.2 Å². The van der Waals surface area contributed by atoms with Crippen molar-refractivity contribution in [3.05, 3.63) is 64.0 Å². The number of carbonyl (C=O) groups is 1. The third-order valence-electron chi connectivity index (χ3n) is 3.17. The molecule has 0 spiro atoms. The average Bonchev–Trinajstić information content (AvgIpc) is 3.04. The first kappa shape index (κ1) is 15.2. The predicted molar refractivity (Wildman–Crippen MR) is 79.7 cm³/mol. The SMILES string of the molecule is NC(=O)c1ccc(-n2nnc(-c3cccc(F)c3)n2)c([N+](=O)[O-])c1. The standard InChI is InChI=1S/C14H9FN6O3/c15-10-3-1-2-9(6-10)14-17-19-20(18-14)11-5-4-8(13(16)22)7-12(11)21(23)24/h1-7H,(H2,16,22). The van der Waals surface area contributed by atoms with Gasteiger partial charge in [-0.3, -0.25) is 14.9 Å². The van der Waals surface area contributed by atoms with E-state index in [1.54, 1.807) is 6.07 Å². The highest BCUT2D eigenvalue weighted by Crippen LogP contribution is 2.24. The molecule has 3 rings (SSSR count). The van der Waals surface area contributed by atoms with Crippen LogP contribution in [0.25, 0.3) is 17.1 Å². The van der Waals surface area contributed by atoms with E-state index in [1.807, 2.05) is 0 Å². The highest BCUT2D eigenvalue weighted by molar-refractivity contribution is 5.93. The molecule has 1 heterocycles. The van der Waals surface area contributed by atoms with Crippen LogP contribution in [0.3, 0.4) is 0 Å². The molecule has 0 radical (unpaired) electrons. The van der Waals surface area contributed by atoms with Crippen LogP contribution >= 0.6 is 0 Å². The van der Waals surface area contributed by atoms with Gasteiger partial charge in [0.2, 0.25) is 11.7 Å². The Morgan fingerprint density at radius 2 is 2.04 bits per heavy atom. The molecule has 9 nitrogen and oxygen atoms in total. The van der Waals surface area contributed by atoms with Crippen LogP contribution in [0.2, 0.25) is 0 Å². The van der Waals surface area contributed by atoms with Crippen LogP contribution in [0, 0.1) is 15.9 Å². The van der Waals surface area contributed by atoms with Crippen LogP contribution in [0.4, 0.5) is 10.1 Å². The van der Waals surface area contributed by atoms with Gasteiger partial charge in [-0.25, -0.2) is 4.39 Å². The van der Waals surface area contributed by atoms with Gasteiger partial charge in [-0.1, -0.05) is 12.1 Å². The number of aromatic nitrogens is 4. The molecule has 0 saturated carbocycles. The predicted octanol–water partition coefficient (Wildman–Crippen LogP) is 1.48. The highest BCUT2D eigenvalue weighted by atomic mass is 19.1. The molecule has 0 aliphatic rings. The molecule has 0 unspecified atom stereocenters. The molecule has 0 bridgehead atoms. The first-order chi connectivity index (χ1) is 11.5. The number of nitro benzene ring substituents is 1. The fraction of sp³-hybridized carbons (Fsp3) is 0. The maximum absolute atomic E-state index is 13.3. The maximum Gasteiger partial charge on any atom is 0.297 e. The molecule has 10 heteroatoms. The molecule has 2 N–H and O–H groups in total. The van der Waals surface area contributed by atoms with Gasteiger partial charge >= 0.3 is 0 Å². The molecule has 3 aromatic rings. The lowest BCUT2D eigenvalue weighted by Crippen LogP contribution is -2.12. The second-order valence-electron chi connectivity index (χ2n) is 4.74. The molecular weight excluding hydrogens is 319 g/mol. The monoisotopic (exact) mass is 328 g/mol. The summed E-state index contributed by atoms with van der Waals surface area (Å²) in [5.41, 5.74) is 5.07. The minimum Gasteiger partial charge on any atom is -0.366 e. The van der Waals surface area contributed by atoms with E-state index in [2.05, 4.69) is 15.4 Å². The number of nitro groups is 1. The van der Waals surface area contributed by atoms with Crippen molar-refractivity contribution in [1.82, 2.24) is 20.2 Å². The summed E-state index contributed by atoms with van der Waals surface area (Å²) < 4.78 is 13.3. The van der Waals surface area contributed by atoms with Gasteiger partial charge in [-0.05, 0) is 29.5 Å². The van der Waals surface area contributed by atoms with Crippen LogP contribution in [0.5, 0.6) is 0 Å². The number of amides is 1. The molecule has 0 atom stereocenters. The molecule has 1 aromatic heterocycles. The average molecular weight is 328 g/mol. The first-order valence-corrected chi connectivity index (χ1v) is 6.60. The van der Waals surface area contributed by atoms with Crippen molar-refractivity contribution < 1.29 is 14.1 Å². The van der Waals surface area contributed by atoms with E-state index in [1.165, 1.54) is 30.3 Å². The molecule has 120 valence electrons. The van der Waals surface area contributed by atoms with E-state index in [-0.39, 0.29) is 17.1 Å². The Balaban J connectivity index is 2.07. The summed E-state index contributed by atoms with van der Waals surface area (Å²) in [6.07, 6.45) is 0. The first-order valence-electron chi connectivity index (χ1n) is 6.60. The molecule has 24 heavy (non-hydrogen) atoms. The number of rotatable bonds is 4. The Hall–Kier alpha value is -3.69. The highest BCUT2D eigenvalue weighted by Gasteiger charge is 2.20. The van der Waals surface area contributed by atoms with Crippen molar-refractivity contribution >= 4 is 11.6 Å². The van der Waals surface area contributed by atoms with Crippen molar-refractivity contribution in [2.75, 3.05) is 0 Å². The lowest BCUT2D eigenvalue weighted by molar-refractivity contribution is -0.384. The van der Waals surface area contributed by atoms with Crippen LogP contribution in [0.15, 0.2) is 42.5 Å². The zero-order chi connectivity index (χ0) is 17.3. The fourth-order valence-electron chi connectivity index (χ4n) is 2.05. The van der Waals surface area contributed by atoms with Gasteiger partial charge in [0.25, 0.3) is 5.69 Å². The smallest absolute Gasteiger partial charge is 0.297 e. The van der Waals surface area contributed by atoms with Gasteiger partial charge < -0.3 is 5.73 Å². The molecule has 0 saturated heterocycles. The third-order valence-corrected chi connectivity index (χ3v) is 3.17. The van der Waals surface area contributed by atoms with Crippen molar-refractivity contribution in [3.63, 3.8) is 0 Å². The van der Waals surface area contributed by atoms with Gasteiger partial charge in [0.1, 0.15) is 5.82 Å². The topological polar surface area (TPSA) is 130 Å². The van der Waals surface area contributed by atoms with Crippen molar-refractivity contribution in [1.29, 1.82) is 0 Å². The van der Waals surface area contributed by atoms with E-state index >= 15 is 0 Å². The summed E-state index contributed by atoms with van der Waals surface area (Å²) in [7, 11) is 0. The second-order valence-corrected chi connectivity index (χ2v) is 4.74. The summed E-state index contributed by atoms with van der Waals surface area (Å²) in [6.45, 7) is 0. The molecule has 1 amide bonds. The summed E-state index contributed by atoms with van der Waals surface area (Å²) >= 11 is 0. The van der Waals surface area contributed by atoms with Crippen LogP contribution < -0.4 is 5.73 Å². The molecular formula is C14H9FN6O3. The third kappa shape index (κ3) is 2.79. The minimum atomic E-state index is -0.795. The quantitative estimate of drug-likeness (QED) is 0.570. The van der Waals surface area contributed by atoms with E-state index in [9.17, 15) is 19.3 Å². The zero-order valence-corrected chi connectivity index (χ0v) is 12.0. The largest absolute Gasteiger partial charge is 0.366 e. The molecule has 0 aliphatic heterocycles. The van der Waals surface area contributed by atoms with E-state index in [0.29, 0.717) is 5.56 Å². The van der Waals surface area contributed by atoms with Gasteiger partial charge in [-0.2, -0.15) is 0 Å². The number of primary amides is 1. The Morgan fingerprint density at radius 1 is 1.25 bits per heavy atom. The summed E-state index contributed by atoms with van der Waals surface area (Å²) in [5, 5.41) is 22.7. The fourth-order valence-corrected chi connectivity index (χ4v) is 2.05. The number of nitrogens with two attached hydrogens (primary N) is 1. The Bertz CT molecular complexity index is 955. The number of halogens is 1. The normalized spacial score (nSPS) is 10.5. The number of hydrogen-bond acceptors (Lipinski definition) is 6. The molecule has 0 aliphatic carbocycles. The van der Waals surface area contributed by atoms with E-state index in [0.717, 1.165) is 10.9 Å². The number of hydrogen-bond donors (Lipinski definition) is 1. The van der Waals surface area contributed by atoms with Crippen molar-refractivity contribution in [3.8, 4) is 17.1 Å². The maximum atomic E-state index is 13.3. The van der Waals surface area contributed by atoms with E-state index in [4.69, 9.17) is 5.73 Å². The van der Waals surface area contributed by atoms with Gasteiger partial charge in [0.15, 0.2) is 5.69 Å². The van der Waals surface area contributed by atoms with Crippen LogP contribution in [-0.4, -0.2) is 31.0 Å². The number of nitrogens with zero attached hydrogens (tertiary/aromatic N) is 5. The summed E-state index contributed by atoms with van der Waals surface area (Å²) in [4.78, 5) is 22.6. The summed E-state index contributed by atoms with van der Waals surface area (Å²) in [6, 6.07) is 9.17. The van der Waals surface area contributed by atoms with Crippen LogP contribution in [0.1, 0.15) is 10.4 Å². The lowest BCUT2D eigenvalue weighted by Gasteiger charge is -2.02. The van der Waals surface area contributed by atoms with Crippen molar-refractivity contribution in [2.24, 2.45) is 5.73 Å². The Morgan fingerprint density at radius 3 is 2.71 bits per heavy atom. The second kappa shape index (κ2) is 5.83. The Labute approximate surface area is 133 Å². The number of benzene rings is 2. The lowest BCUT2D eigenvalue weighted by atomic mass is 10.1.